The van der Waals surface area contributed by atoms with Gasteiger partial charge in [0.05, 0.1) is 11.5 Å². The van der Waals surface area contributed by atoms with Gasteiger partial charge in [0.2, 0.25) is 5.54 Å². The Morgan fingerprint density at radius 2 is 2.27 bits per heavy atom. The van der Waals surface area contributed by atoms with E-state index in [1.807, 2.05) is 19.9 Å². The number of nitrogens with zero attached hydrogens (tertiary/aromatic N) is 2. The molecule has 1 aromatic rings. The molecule has 0 aromatic heterocycles. The third kappa shape index (κ3) is 2.91. The van der Waals surface area contributed by atoms with Crippen LogP contribution in [0.4, 0.5) is 11.4 Å². The first-order valence-electron chi connectivity index (χ1n) is 6.72. The number of carbonyl (C=O) groups excluding carboxylic acids is 1. The van der Waals surface area contributed by atoms with E-state index in [0.29, 0.717) is 11.3 Å². The van der Waals surface area contributed by atoms with Gasteiger partial charge in [-0.3, -0.25) is 10.1 Å². The summed E-state index contributed by atoms with van der Waals surface area (Å²) in [6, 6.07) is 6.07. The summed E-state index contributed by atoms with van der Waals surface area (Å²) in [4.78, 5) is 22.4. The summed E-state index contributed by atoms with van der Waals surface area (Å²) in [6.45, 7) is 4.00. The van der Waals surface area contributed by atoms with E-state index in [1.165, 1.54) is 30.4 Å². The van der Waals surface area contributed by atoms with Crippen LogP contribution in [-0.4, -0.2) is 23.0 Å². The third-order valence-electron chi connectivity index (χ3n) is 3.14. The monoisotopic (exact) mass is 301 g/mol. The Morgan fingerprint density at radius 1 is 1.55 bits per heavy atom. The maximum atomic E-state index is 12.2. The molecule has 1 unspecified atom stereocenters. The number of nitro groups is 1. The first kappa shape index (κ1) is 15.5. The number of nitro benzene ring substituents is 1. The highest BCUT2D eigenvalue weighted by Crippen LogP contribution is 2.31. The SMILES string of the molecule is CC(C)COC(=O)C1(C#N)C=Cc2cc([N+](=O)[O-])ccc2N1. The molecular formula is C15H15N3O4. The van der Waals surface area contributed by atoms with Crippen LogP contribution in [0.25, 0.3) is 6.08 Å². The van der Waals surface area contributed by atoms with E-state index >= 15 is 0 Å². The Morgan fingerprint density at radius 3 is 2.86 bits per heavy atom. The van der Waals surface area contributed by atoms with Crippen LogP contribution in [0.3, 0.4) is 0 Å². The van der Waals surface area contributed by atoms with Crippen LogP contribution in [0.1, 0.15) is 19.4 Å². The number of nitrogens with one attached hydrogen (secondary N) is 1. The van der Waals surface area contributed by atoms with Gasteiger partial charge in [-0.05, 0) is 18.1 Å². The molecular weight excluding hydrogens is 286 g/mol. The van der Waals surface area contributed by atoms with Crippen LogP contribution < -0.4 is 5.32 Å². The van der Waals surface area contributed by atoms with Gasteiger partial charge in [-0.15, -0.1) is 0 Å². The van der Waals surface area contributed by atoms with Crippen LogP contribution in [0.2, 0.25) is 0 Å². The smallest absolute Gasteiger partial charge is 0.351 e. The summed E-state index contributed by atoms with van der Waals surface area (Å²) in [7, 11) is 0. The lowest BCUT2D eigenvalue weighted by Crippen LogP contribution is -2.46. The molecule has 0 amide bonds. The van der Waals surface area contributed by atoms with Crippen molar-refractivity contribution in [3.63, 3.8) is 0 Å². The summed E-state index contributed by atoms with van der Waals surface area (Å²) in [5, 5.41) is 22.9. The van der Waals surface area contributed by atoms with Gasteiger partial charge in [-0.2, -0.15) is 5.26 Å². The predicted molar refractivity (Wildman–Crippen MR) is 79.9 cm³/mol. The van der Waals surface area contributed by atoms with Crippen molar-refractivity contribution in [3.05, 3.63) is 40.0 Å². The van der Waals surface area contributed by atoms with E-state index in [4.69, 9.17) is 4.74 Å². The number of esters is 1. The molecule has 1 N–H and O–H groups in total. The van der Waals surface area contributed by atoms with Gasteiger partial charge in [-0.1, -0.05) is 19.9 Å². The minimum atomic E-state index is -1.61. The van der Waals surface area contributed by atoms with Gasteiger partial charge >= 0.3 is 5.97 Å². The zero-order valence-electron chi connectivity index (χ0n) is 12.2. The summed E-state index contributed by atoms with van der Waals surface area (Å²) in [5.41, 5.74) is -0.664. The topological polar surface area (TPSA) is 105 Å². The highest BCUT2D eigenvalue weighted by molar-refractivity contribution is 5.95. The summed E-state index contributed by atoms with van der Waals surface area (Å²) >= 11 is 0. The minimum Gasteiger partial charge on any atom is -0.463 e. The number of ether oxygens (including phenoxy) is 1. The van der Waals surface area contributed by atoms with Crippen molar-refractivity contribution in [1.29, 1.82) is 5.26 Å². The van der Waals surface area contributed by atoms with E-state index in [0.717, 1.165) is 0 Å². The quantitative estimate of drug-likeness (QED) is 0.520. The molecule has 0 aliphatic carbocycles. The van der Waals surface area contributed by atoms with Gasteiger partial charge < -0.3 is 10.1 Å². The molecule has 1 heterocycles. The summed E-state index contributed by atoms with van der Waals surface area (Å²) < 4.78 is 5.13. The molecule has 22 heavy (non-hydrogen) atoms. The van der Waals surface area contributed by atoms with E-state index in [1.54, 1.807) is 0 Å². The van der Waals surface area contributed by atoms with Gasteiger partial charge in [0.15, 0.2) is 0 Å². The lowest BCUT2D eigenvalue weighted by atomic mass is 9.94. The highest BCUT2D eigenvalue weighted by Gasteiger charge is 2.40. The number of benzene rings is 1. The summed E-state index contributed by atoms with van der Waals surface area (Å²) in [6.07, 6.45) is 2.88. The molecule has 0 fully saturated rings. The molecule has 7 nitrogen and oxygen atoms in total. The number of carbonyl (C=O) groups is 1. The summed E-state index contributed by atoms with van der Waals surface area (Å²) in [5.74, 6) is -0.536. The van der Waals surface area contributed by atoms with Crippen LogP contribution in [0, 0.1) is 27.4 Å². The molecule has 0 saturated heterocycles. The van der Waals surface area contributed by atoms with Crippen LogP contribution in [0.5, 0.6) is 0 Å². The van der Waals surface area contributed by atoms with Crippen molar-refractivity contribution in [2.75, 3.05) is 11.9 Å². The second-order valence-electron chi connectivity index (χ2n) is 5.40. The standard InChI is InChI=1S/C15H15N3O4/c1-10(2)8-22-14(19)15(9-16)6-5-11-7-12(18(20)21)3-4-13(11)17-15/h3-7,10,17H,8H2,1-2H3. The fourth-order valence-corrected chi connectivity index (χ4v) is 1.97. The lowest BCUT2D eigenvalue weighted by Gasteiger charge is -2.28. The third-order valence-corrected chi connectivity index (χ3v) is 3.14. The van der Waals surface area contributed by atoms with Crippen LogP contribution in [0.15, 0.2) is 24.3 Å². The number of hydrogen-bond acceptors (Lipinski definition) is 6. The van der Waals surface area contributed by atoms with Crippen molar-refractivity contribution in [1.82, 2.24) is 0 Å². The number of anilines is 1. The Hall–Kier alpha value is -2.88. The molecule has 1 atom stereocenters. The zero-order valence-corrected chi connectivity index (χ0v) is 12.2. The van der Waals surface area contributed by atoms with Gasteiger partial charge in [-0.25, -0.2) is 4.79 Å². The van der Waals surface area contributed by atoms with Crippen LogP contribution in [-0.2, 0) is 9.53 Å². The van der Waals surface area contributed by atoms with Gasteiger partial charge in [0.1, 0.15) is 6.07 Å². The fourth-order valence-electron chi connectivity index (χ4n) is 1.97. The fraction of sp³-hybridized carbons (Fsp3) is 0.333. The Labute approximate surface area is 127 Å². The van der Waals surface area contributed by atoms with E-state index < -0.39 is 16.4 Å². The molecule has 0 bridgehead atoms. The number of hydrogen-bond donors (Lipinski definition) is 1. The van der Waals surface area contributed by atoms with E-state index in [9.17, 15) is 20.2 Å². The average Bonchev–Trinajstić information content (AvgIpc) is 2.51. The van der Waals surface area contributed by atoms with Crippen molar-refractivity contribution in [2.24, 2.45) is 5.92 Å². The Balaban J connectivity index is 2.28. The molecule has 1 aliphatic heterocycles. The van der Waals surface area contributed by atoms with Crippen molar-refractivity contribution in [2.45, 2.75) is 19.4 Å². The van der Waals surface area contributed by atoms with E-state index in [2.05, 4.69) is 5.32 Å². The number of non-ortho nitro benzene ring substituents is 1. The predicted octanol–water partition coefficient (Wildman–Crippen LogP) is 2.50. The molecule has 0 radical (unpaired) electrons. The number of nitriles is 1. The highest BCUT2D eigenvalue weighted by atomic mass is 16.6. The molecule has 1 aromatic carbocycles. The first-order chi connectivity index (χ1) is 10.4. The first-order valence-corrected chi connectivity index (χ1v) is 6.72. The Kier molecular flexibility index (Phi) is 4.13. The van der Waals surface area contributed by atoms with Crippen LogP contribution >= 0.6 is 0 Å². The van der Waals surface area contributed by atoms with Crippen molar-refractivity contribution in [3.8, 4) is 6.07 Å². The number of fused-ring (bicyclic) bond motifs is 1. The van der Waals surface area contributed by atoms with Crippen molar-refractivity contribution < 1.29 is 14.5 Å². The Bertz CT molecular complexity index is 691. The molecule has 2 rings (SSSR count). The van der Waals surface area contributed by atoms with Gasteiger partial charge in [0, 0.05) is 23.4 Å². The molecule has 114 valence electrons. The molecule has 0 saturated carbocycles. The van der Waals surface area contributed by atoms with E-state index in [-0.39, 0.29) is 18.2 Å². The van der Waals surface area contributed by atoms with Crippen molar-refractivity contribution >= 4 is 23.4 Å². The lowest BCUT2D eigenvalue weighted by molar-refractivity contribution is -0.384. The molecule has 1 aliphatic rings. The second-order valence-corrected chi connectivity index (χ2v) is 5.40. The normalized spacial score (nSPS) is 19.0. The molecule has 7 heteroatoms. The maximum absolute atomic E-state index is 12.2. The van der Waals surface area contributed by atoms with Gasteiger partial charge in [0.25, 0.3) is 5.69 Å². The average molecular weight is 301 g/mol. The minimum absolute atomic E-state index is 0.0583. The maximum Gasteiger partial charge on any atom is 0.351 e. The zero-order chi connectivity index (χ0) is 16.3. The molecule has 0 spiro atoms. The number of rotatable bonds is 4. The largest absolute Gasteiger partial charge is 0.463 e. The second kappa shape index (κ2) is 5.85.